The number of rotatable bonds is 4. The van der Waals surface area contributed by atoms with Gasteiger partial charge in [0, 0.05) is 0 Å². The van der Waals surface area contributed by atoms with Crippen LogP contribution in [0.1, 0.15) is 5.56 Å². The van der Waals surface area contributed by atoms with Gasteiger partial charge in [-0.1, -0.05) is 22.8 Å². The Balaban J connectivity index is 1.86. The van der Waals surface area contributed by atoms with E-state index in [1.54, 1.807) is 43.5 Å². The number of aromatic nitrogens is 2. The van der Waals surface area contributed by atoms with Crippen molar-refractivity contribution >= 4 is 0 Å². The molecule has 2 aromatic carbocycles. The van der Waals surface area contributed by atoms with E-state index < -0.39 is 5.76 Å². The van der Waals surface area contributed by atoms with Crippen molar-refractivity contribution in [3.63, 3.8) is 0 Å². The first-order valence-electron chi connectivity index (χ1n) is 6.65. The van der Waals surface area contributed by atoms with E-state index in [1.165, 1.54) is 0 Å². The second-order valence-electron chi connectivity index (χ2n) is 4.66. The molecule has 6 nitrogen and oxygen atoms in total. The molecule has 0 saturated heterocycles. The minimum Gasteiger partial charge on any atom is -0.497 e. The first-order chi connectivity index (χ1) is 10.7. The topological polar surface area (TPSA) is 66.5 Å². The Morgan fingerprint density at radius 2 is 1.64 bits per heavy atom. The first-order valence-corrected chi connectivity index (χ1v) is 6.65. The van der Waals surface area contributed by atoms with Crippen molar-refractivity contribution in [2.45, 2.75) is 6.92 Å². The van der Waals surface area contributed by atoms with E-state index in [2.05, 4.69) is 5.10 Å². The molecule has 0 aliphatic carbocycles. The molecule has 0 saturated carbocycles. The van der Waals surface area contributed by atoms with Crippen molar-refractivity contribution in [1.82, 2.24) is 9.78 Å². The van der Waals surface area contributed by atoms with Crippen molar-refractivity contribution < 1.29 is 13.9 Å². The van der Waals surface area contributed by atoms with Crippen LogP contribution in [-0.4, -0.2) is 16.9 Å². The third kappa shape index (κ3) is 2.85. The summed E-state index contributed by atoms with van der Waals surface area (Å²) in [6.45, 7) is 1.97. The van der Waals surface area contributed by atoms with Crippen LogP contribution in [0, 0.1) is 6.92 Å². The summed E-state index contributed by atoms with van der Waals surface area (Å²) in [6, 6.07) is 14.2. The number of ether oxygens (including phenoxy) is 2. The molecule has 0 N–H and O–H groups in total. The van der Waals surface area contributed by atoms with Crippen molar-refractivity contribution in [3.05, 3.63) is 64.6 Å². The van der Waals surface area contributed by atoms with Gasteiger partial charge in [0.1, 0.15) is 11.5 Å². The Bertz CT molecular complexity index is 817. The van der Waals surface area contributed by atoms with Gasteiger partial charge in [0.2, 0.25) is 0 Å². The van der Waals surface area contributed by atoms with Gasteiger partial charge in [0.15, 0.2) is 0 Å². The smallest absolute Gasteiger partial charge is 0.444 e. The molecule has 0 spiro atoms. The van der Waals surface area contributed by atoms with Crippen molar-refractivity contribution in [2.75, 3.05) is 7.11 Å². The van der Waals surface area contributed by atoms with Crippen LogP contribution < -0.4 is 15.2 Å². The summed E-state index contributed by atoms with van der Waals surface area (Å²) in [5, 5.41) is 4.03. The molecule has 0 bridgehead atoms. The molecular weight excluding hydrogens is 284 g/mol. The Labute approximate surface area is 126 Å². The molecule has 0 unspecified atom stereocenters. The first kappa shape index (κ1) is 13.9. The molecule has 1 aromatic heterocycles. The molecular formula is C16H14N2O4. The average molecular weight is 298 g/mol. The average Bonchev–Trinajstić information content (AvgIpc) is 2.90. The van der Waals surface area contributed by atoms with E-state index in [1.807, 2.05) is 19.1 Å². The number of benzene rings is 2. The summed E-state index contributed by atoms with van der Waals surface area (Å²) in [5.74, 6) is 0.623. The zero-order chi connectivity index (χ0) is 15.5. The molecule has 0 fully saturated rings. The highest BCUT2D eigenvalue weighted by atomic mass is 16.6. The largest absolute Gasteiger partial charge is 0.497 e. The fourth-order valence-corrected chi connectivity index (χ4v) is 1.90. The predicted molar refractivity (Wildman–Crippen MR) is 79.9 cm³/mol. The molecule has 112 valence electrons. The molecule has 22 heavy (non-hydrogen) atoms. The molecule has 0 atom stereocenters. The van der Waals surface area contributed by atoms with E-state index in [-0.39, 0.29) is 6.08 Å². The van der Waals surface area contributed by atoms with Gasteiger partial charge < -0.3 is 13.9 Å². The maximum atomic E-state index is 11.9. The molecule has 1 heterocycles. The maximum Gasteiger partial charge on any atom is 0.444 e. The number of aryl methyl sites for hydroxylation is 1. The van der Waals surface area contributed by atoms with Crippen LogP contribution in [0.15, 0.2) is 57.7 Å². The highest BCUT2D eigenvalue weighted by Gasteiger charge is 2.12. The van der Waals surface area contributed by atoms with Crippen LogP contribution in [0.25, 0.3) is 5.69 Å². The molecule has 0 aliphatic rings. The summed E-state index contributed by atoms with van der Waals surface area (Å²) >= 11 is 0. The summed E-state index contributed by atoms with van der Waals surface area (Å²) in [7, 11) is 1.57. The number of nitrogens with zero attached hydrogens (tertiary/aromatic N) is 2. The fraction of sp³-hybridized carbons (Fsp3) is 0.125. The molecule has 0 amide bonds. The third-order valence-corrected chi connectivity index (χ3v) is 3.07. The van der Waals surface area contributed by atoms with Gasteiger partial charge in [0.05, 0.1) is 12.8 Å². The summed E-state index contributed by atoms with van der Waals surface area (Å²) < 4.78 is 16.6. The quantitative estimate of drug-likeness (QED) is 0.741. The Kier molecular flexibility index (Phi) is 3.65. The van der Waals surface area contributed by atoms with E-state index >= 15 is 0 Å². The molecule has 0 radical (unpaired) electrons. The number of methoxy groups -OCH3 is 1. The summed E-state index contributed by atoms with van der Waals surface area (Å²) in [5.41, 5.74) is 1.67. The van der Waals surface area contributed by atoms with E-state index in [0.717, 1.165) is 10.2 Å². The molecule has 3 aromatic rings. The summed E-state index contributed by atoms with van der Waals surface area (Å²) in [4.78, 5) is 11.9. The number of hydrogen-bond donors (Lipinski definition) is 0. The van der Waals surface area contributed by atoms with E-state index in [4.69, 9.17) is 13.9 Å². The van der Waals surface area contributed by atoms with Crippen molar-refractivity contribution in [1.29, 1.82) is 0 Å². The minimum absolute atomic E-state index is 0.107. The standard InChI is InChI=1S/C16H14N2O4/c1-11-3-7-14(8-4-11)21-15-17-18(16(19)22-15)12-5-9-13(20-2)10-6-12/h3-10H,1-2H3. The number of hydrogen-bond acceptors (Lipinski definition) is 5. The lowest BCUT2D eigenvalue weighted by atomic mass is 10.2. The lowest BCUT2D eigenvalue weighted by molar-refractivity contribution is 0.320. The third-order valence-electron chi connectivity index (χ3n) is 3.07. The van der Waals surface area contributed by atoms with Crippen molar-refractivity contribution in [2.24, 2.45) is 0 Å². The fourth-order valence-electron chi connectivity index (χ4n) is 1.90. The Morgan fingerprint density at radius 3 is 2.27 bits per heavy atom. The predicted octanol–water partition coefficient (Wildman–Crippen LogP) is 2.93. The highest BCUT2D eigenvalue weighted by Crippen LogP contribution is 2.20. The van der Waals surface area contributed by atoms with Gasteiger partial charge in [-0.2, -0.15) is 4.68 Å². The zero-order valence-electron chi connectivity index (χ0n) is 12.1. The molecule has 6 heteroatoms. The second-order valence-corrected chi connectivity index (χ2v) is 4.66. The monoisotopic (exact) mass is 298 g/mol. The van der Waals surface area contributed by atoms with Crippen LogP contribution in [0.5, 0.6) is 17.6 Å². The minimum atomic E-state index is -0.618. The van der Waals surface area contributed by atoms with Crippen LogP contribution in [0.3, 0.4) is 0 Å². The summed E-state index contributed by atoms with van der Waals surface area (Å²) in [6.07, 6.45) is -0.107. The molecule has 0 aliphatic heterocycles. The van der Waals surface area contributed by atoms with E-state index in [0.29, 0.717) is 17.2 Å². The highest BCUT2D eigenvalue weighted by molar-refractivity contribution is 5.36. The SMILES string of the molecule is COc1ccc(-n2nc(Oc3ccc(C)cc3)oc2=O)cc1. The van der Waals surface area contributed by atoms with Crippen LogP contribution >= 0.6 is 0 Å². The zero-order valence-corrected chi connectivity index (χ0v) is 12.1. The Hall–Kier alpha value is -3.02. The van der Waals surface area contributed by atoms with Gasteiger partial charge >= 0.3 is 11.8 Å². The second kappa shape index (κ2) is 5.77. The molecule has 3 rings (SSSR count). The lowest BCUT2D eigenvalue weighted by Crippen LogP contribution is -2.13. The van der Waals surface area contributed by atoms with Gasteiger partial charge in [-0.3, -0.25) is 0 Å². The van der Waals surface area contributed by atoms with Gasteiger partial charge in [0.25, 0.3) is 0 Å². The lowest BCUT2D eigenvalue weighted by Gasteiger charge is -2.01. The van der Waals surface area contributed by atoms with Crippen LogP contribution in [-0.2, 0) is 0 Å². The van der Waals surface area contributed by atoms with Crippen LogP contribution in [0.4, 0.5) is 0 Å². The van der Waals surface area contributed by atoms with Crippen molar-refractivity contribution in [3.8, 4) is 23.3 Å². The van der Waals surface area contributed by atoms with Gasteiger partial charge in [-0.25, -0.2) is 4.79 Å². The normalized spacial score (nSPS) is 10.5. The van der Waals surface area contributed by atoms with Gasteiger partial charge in [-0.15, -0.1) is 0 Å². The maximum absolute atomic E-state index is 11.9. The van der Waals surface area contributed by atoms with Gasteiger partial charge in [-0.05, 0) is 43.3 Å². The Morgan fingerprint density at radius 1 is 1.00 bits per heavy atom. The van der Waals surface area contributed by atoms with E-state index in [9.17, 15) is 4.79 Å². The van der Waals surface area contributed by atoms with Crippen LogP contribution in [0.2, 0.25) is 0 Å².